The number of halogens is 1. The molecule has 2 aromatic rings. The van der Waals surface area contributed by atoms with E-state index in [2.05, 4.69) is 34.3 Å². The third kappa shape index (κ3) is 4.83. The molecule has 3 rings (SSSR count). The van der Waals surface area contributed by atoms with Crippen molar-refractivity contribution in [1.82, 2.24) is 15.0 Å². The molecule has 1 fully saturated rings. The number of carbonyl (C=O) groups is 1. The molecule has 0 saturated carbocycles. The largest absolute Gasteiger partial charge is 0.344 e. The number of nitrogens with zero attached hydrogens (tertiary/aromatic N) is 3. The van der Waals surface area contributed by atoms with Gasteiger partial charge in [-0.2, -0.15) is 0 Å². The van der Waals surface area contributed by atoms with E-state index in [1.807, 2.05) is 17.9 Å². The van der Waals surface area contributed by atoms with Gasteiger partial charge in [0.25, 0.3) is 0 Å². The fourth-order valence-corrected chi connectivity index (χ4v) is 3.45. The van der Waals surface area contributed by atoms with Crippen LogP contribution in [-0.2, 0) is 17.6 Å². The predicted molar refractivity (Wildman–Crippen MR) is 97.7 cm³/mol. The van der Waals surface area contributed by atoms with Gasteiger partial charge >= 0.3 is 0 Å². The second kappa shape index (κ2) is 8.50. The molecule has 1 aliphatic heterocycles. The quantitative estimate of drug-likeness (QED) is 0.793. The second-order valence-corrected chi connectivity index (χ2v) is 6.82. The van der Waals surface area contributed by atoms with Gasteiger partial charge in [-0.3, -0.25) is 9.69 Å². The van der Waals surface area contributed by atoms with E-state index in [0.29, 0.717) is 18.1 Å². The summed E-state index contributed by atoms with van der Waals surface area (Å²) in [5.41, 5.74) is 2.97. The van der Waals surface area contributed by atoms with E-state index in [-0.39, 0.29) is 5.91 Å². The van der Waals surface area contributed by atoms with Gasteiger partial charge < -0.3 is 9.42 Å². The van der Waals surface area contributed by atoms with Gasteiger partial charge in [0.1, 0.15) is 0 Å². The number of carbonyl (C=O) groups excluding carboxylic acids is 1. The molecule has 0 radical (unpaired) electrons. The highest BCUT2D eigenvalue weighted by molar-refractivity contribution is 6.29. The lowest BCUT2D eigenvalue weighted by Crippen LogP contribution is -2.49. The number of aromatic nitrogens is 1. The highest BCUT2D eigenvalue weighted by Crippen LogP contribution is 2.21. The van der Waals surface area contributed by atoms with Crippen molar-refractivity contribution < 1.29 is 9.32 Å². The summed E-state index contributed by atoms with van der Waals surface area (Å²) < 4.78 is 4.93. The smallest absolute Gasteiger partial charge is 0.229 e. The highest BCUT2D eigenvalue weighted by Gasteiger charge is 2.21. The first-order valence-corrected chi connectivity index (χ1v) is 9.16. The van der Waals surface area contributed by atoms with Crippen molar-refractivity contribution in [2.45, 2.75) is 26.2 Å². The molecule has 1 amide bonds. The van der Waals surface area contributed by atoms with Crippen molar-refractivity contribution in [1.29, 1.82) is 0 Å². The number of hydrogen-bond donors (Lipinski definition) is 0. The third-order valence-corrected chi connectivity index (χ3v) is 5.11. The van der Waals surface area contributed by atoms with Crippen molar-refractivity contribution in [2.75, 3.05) is 32.7 Å². The SMILES string of the molecule is Cc1noc(Cl)c1CCC(=O)N1CCN(CCc2ccccc2)CC1. The van der Waals surface area contributed by atoms with E-state index in [9.17, 15) is 4.79 Å². The number of rotatable bonds is 6. The van der Waals surface area contributed by atoms with Gasteiger partial charge in [-0.1, -0.05) is 35.5 Å². The van der Waals surface area contributed by atoms with E-state index in [0.717, 1.165) is 50.4 Å². The standard InChI is InChI=1S/C19H24ClN3O2/c1-15-17(19(20)25-21-15)7-8-18(24)23-13-11-22(12-14-23)10-9-16-5-3-2-4-6-16/h2-6H,7-14H2,1H3. The van der Waals surface area contributed by atoms with Crippen LogP contribution in [0.3, 0.4) is 0 Å². The molecule has 0 N–H and O–H groups in total. The topological polar surface area (TPSA) is 49.6 Å². The molecule has 134 valence electrons. The second-order valence-electron chi connectivity index (χ2n) is 6.48. The lowest BCUT2D eigenvalue weighted by atomic mass is 10.1. The summed E-state index contributed by atoms with van der Waals surface area (Å²) in [6.07, 6.45) is 2.09. The van der Waals surface area contributed by atoms with Crippen LogP contribution in [0.1, 0.15) is 23.2 Å². The zero-order chi connectivity index (χ0) is 17.6. The zero-order valence-electron chi connectivity index (χ0n) is 14.6. The number of amides is 1. The van der Waals surface area contributed by atoms with Crippen molar-refractivity contribution in [3.63, 3.8) is 0 Å². The Balaban J connectivity index is 1.40. The van der Waals surface area contributed by atoms with Crippen LogP contribution >= 0.6 is 11.6 Å². The minimum Gasteiger partial charge on any atom is -0.344 e. The van der Waals surface area contributed by atoms with Gasteiger partial charge in [0.15, 0.2) is 0 Å². The molecule has 0 spiro atoms. The Kier molecular flexibility index (Phi) is 6.10. The van der Waals surface area contributed by atoms with E-state index in [1.165, 1.54) is 5.56 Å². The predicted octanol–water partition coefficient (Wildman–Crippen LogP) is 2.96. The van der Waals surface area contributed by atoms with Crippen LogP contribution < -0.4 is 0 Å². The maximum Gasteiger partial charge on any atom is 0.229 e. The molecular formula is C19H24ClN3O2. The van der Waals surface area contributed by atoms with Gasteiger partial charge in [0, 0.05) is 44.7 Å². The van der Waals surface area contributed by atoms with E-state index in [1.54, 1.807) is 0 Å². The van der Waals surface area contributed by atoms with Gasteiger partial charge in [-0.15, -0.1) is 0 Å². The number of aryl methyl sites for hydroxylation is 1. The molecule has 25 heavy (non-hydrogen) atoms. The summed E-state index contributed by atoms with van der Waals surface area (Å²) in [6.45, 7) is 6.35. The maximum absolute atomic E-state index is 12.4. The highest BCUT2D eigenvalue weighted by atomic mass is 35.5. The first-order valence-electron chi connectivity index (χ1n) is 8.78. The van der Waals surface area contributed by atoms with Crippen LogP contribution in [0.4, 0.5) is 0 Å². The van der Waals surface area contributed by atoms with E-state index < -0.39 is 0 Å². The Morgan fingerprint density at radius 1 is 1.16 bits per heavy atom. The summed E-state index contributed by atoms with van der Waals surface area (Å²) >= 11 is 5.96. The first kappa shape index (κ1) is 18.0. The van der Waals surface area contributed by atoms with Crippen LogP contribution in [-0.4, -0.2) is 53.6 Å². The molecule has 0 bridgehead atoms. The number of benzene rings is 1. The Morgan fingerprint density at radius 2 is 1.88 bits per heavy atom. The van der Waals surface area contributed by atoms with Crippen molar-refractivity contribution in [3.05, 3.63) is 52.4 Å². The molecule has 1 aromatic heterocycles. The molecule has 5 nitrogen and oxygen atoms in total. The van der Waals surface area contributed by atoms with Crippen molar-refractivity contribution in [3.8, 4) is 0 Å². The van der Waals surface area contributed by atoms with Crippen LogP contribution in [0.2, 0.25) is 5.22 Å². The first-order chi connectivity index (χ1) is 12.1. The average molecular weight is 362 g/mol. The molecule has 1 saturated heterocycles. The molecule has 0 unspecified atom stereocenters. The minimum absolute atomic E-state index is 0.180. The van der Waals surface area contributed by atoms with Gasteiger partial charge in [0.2, 0.25) is 11.1 Å². The fraction of sp³-hybridized carbons (Fsp3) is 0.474. The number of hydrogen-bond acceptors (Lipinski definition) is 4. The molecule has 6 heteroatoms. The summed E-state index contributed by atoms with van der Waals surface area (Å²) in [6, 6.07) is 10.5. The minimum atomic E-state index is 0.180. The Bertz CT molecular complexity index is 674. The molecular weight excluding hydrogens is 338 g/mol. The van der Waals surface area contributed by atoms with E-state index in [4.69, 9.17) is 16.1 Å². The normalized spacial score (nSPS) is 15.5. The van der Waals surface area contributed by atoms with Crippen molar-refractivity contribution >= 4 is 17.5 Å². The molecule has 1 aromatic carbocycles. The summed E-state index contributed by atoms with van der Waals surface area (Å²) in [7, 11) is 0. The van der Waals surface area contributed by atoms with Gasteiger partial charge in [-0.25, -0.2) is 0 Å². The third-order valence-electron chi connectivity index (χ3n) is 4.81. The molecule has 0 atom stereocenters. The average Bonchev–Trinajstić information content (AvgIpc) is 2.97. The van der Waals surface area contributed by atoms with Crippen LogP contribution in [0.15, 0.2) is 34.9 Å². The summed E-state index contributed by atoms with van der Waals surface area (Å²) in [5.74, 6) is 0.180. The molecule has 1 aliphatic rings. The summed E-state index contributed by atoms with van der Waals surface area (Å²) in [4.78, 5) is 16.8. The van der Waals surface area contributed by atoms with Crippen LogP contribution in [0.5, 0.6) is 0 Å². The Hall–Kier alpha value is -1.85. The molecule has 0 aliphatic carbocycles. The van der Waals surface area contributed by atoms with Crippen LogP contribution in [0.25, 0.3) is 0 Å². The Morgan fingerprint density at radius 3 is 2.52 bits per heavy atom. The lowest BCUT2D eigenvalue weighted by molar-refractivity contribution is -0.132. The van der Waals surface area contributed by atoms with Crippen molar-refractivity contribution in [2.24, 2.45) is 0 Å². The fourth-order valence-electron chi connectivity index (χ4n) is 3.18. The Labute approximate surface area is 153 Å². The monoisotopic (exact) mass is 361 g/mol. The van der Waals surface area contributed by atoms with Gasteiger partial charge in [0.05, 0.1) is 5.69 Å². The van der Waals surface area contributed by atoms with Gasteiger partial charge in [-0.05, 0) is 36.9 Å². The lowest BCUT2D eigenvalue weighted by Gasteiger charge is -2.34. The number of piperazine rings is 1. The zero-order valence-corrected chi connectivity index (χ0v) is 15.3. The van der Waals surface area contributed by atoms with Crippen LogP contribution in [0, 0.1) is 6.92 Å². The molecule has 2 heterocycles. The maximum atomic E-state index is 12.4. The summed E-state index contributed by atoms with van der Waals surface area (Å²) in [5, 5.41) is 4.13. The van der Waals surface area contributed by atoms with E-state index >= 15 is 0 Å².